The van der Waals surface area contributed by atoms with Gasteiger partial charge in [-0.2, -0.15) is 18.4 Å². The molecule has 0 spiro atoms. The highest BCUT2D eigenvalue weighted by Crippen LogP contribution is 2.44. The first kappa shape index (κ1) is 40.4. The Morgan fingerprint density at radius 1 is 1.12 bits per heavy atom. The smallest absolute Gasteiger partial charge is 0.410 e. The van der Waals surface area contributed by atoms with E-state index in [1.165, 1.54) is 25.3 Å². The minimum Gasteiger partial charge on any atom is -0.468 e. The van der Waals surface area contributed by atoms with Crippen LogP contribution in [0, 0.1) is 18.2 Å². The number of carbonyl (C=O) groups excluding carboxylic acids is 1. The number of thiazole rings is 1. The number of carbonyl (C=O) groups is 1. The molecule has 5 atom stereocenters. The van der Waals surface area contributed by atoms with E-state index in [9.17, 15) is 17.6 Å². The Morgan fingerprint density at radius 2 is 1.88 bits per heavy atom. The fraction of sp³-hybridized carbons (Fsp3) is 0.550. The van der Waals surface area contributed by atoms with Gasteiger partial charge in [-0.15, -0.1) is 6.42 Å². The lowest BCUT2D eigenvalue weighted by molar-refractivity contribution is 0.0122. The van der Waals surface area contributed by atoms with E-state index in [-0.39, 0.29) is 59.1 Å². The zero-order chi connectivity index (χ0) is 41.1. The molecule has 4 aliphatic rings. The average molecular weight is 841 g/mol. The normalized spacial score (nSPS) is 24.0. The highest BCUT2D eigenvalue weighted by molar-refractivity contribution is 7.86. The summed E-state index contributed by atoms with van der Waals surface area (Å²) in [7, 11) is -2.73. The number of halogens is 2. The topological polar surface area (TPSA) is 146 Å². The lowest BCUT2D eigenvalue weighted by Crippen LogP contribution is -2.57. The van der Waals surface area contributed by atoms with Gasteiger partial charge in [0.25, 0.3) is 10.1 Å². The number of ether oxygens (including phenoxy) is 4. The number of nitrogens with zero attached hydrogens (tertiary/aromatic N) is 6. The van der Waals surface area contributed by atoms with Crippen LogP contribution in [0.1, 0.15) is 75.1 Å². The Hall–Kier alpha value is -4.41. The van der Waals surface area contributed by atoms with E-state index in [1.54, 1.807) is 6.07 Å². The molecule has 58 heavy (non-hydrogen) atoms. The molecule has 2 aromatic carbocycles. The number of anilines is 1. The summed E-state index contributed by atoms with van der Waals surface area (Å²) in [6, 6.07) is 5.63. The largest absolute Gasteiger partial charge is 0.468 e. The number of hydrogen-bond donors (Lipinski definition) is 0. The number of amides is 1. The van der Waals surface area contributed by atoms with Gasteiger partial charge >= 0.3 is 12.1 Å². The third-order valence-electron chi connectivity index (χ3n) is 11.2. The summed E-state index contributed by atoms with van der Waals surface area (Å²) in [6.07, 6.45) is 7.60. The number of hydrogen-bond acceptors (Lipinski definition) is 14. The van der Waals surface area contributed by atoms with E-state index in [0.29, 0.717) is 53.4 Å². The fourth-order valence-electron chi connectivity index (χ4n) is 8.94. The summed E-state index contributed by atoms with van der Waals surface area (Å²) in [5.41, 5.74) is -0.679. The highest BCUT2D eigenvalue weighted by Gasteiger charge is 2.50. The third kappa shape index (κ3) is 7.86. The number of fused-ring (bicyclic) bond motifs is 5. The molecule has 2 bridgehead atoms. The lowest BCUT2D eigenvalue weighted by atomic mass is 9.95. The molecule has 310 valence electrons. The van der Waals surface area contributed by atoms with Crippen LogP contribution < -0.4 is 14.4 Å². The summed E-state index contributed by atoms with van der Waals surface area (Å²) in [6.45, 7) is 7.53. The second kappa shape index (κ2) is 15.3. The lowest BCUT2D eigenvalue weighted by Gasteiger charge is -2.41. The van der Waals surface area contributed by atoms with Crippen LogP contribution in [0.2, 0.25) is 0 Å². The Kier molecular flexibility index (Phi) is 10.7. The van der Waals surface area contributed by atoms with Crippen molar-refractivity contribution in [2.75, 3.05) is 57.8 Å². The molecule has 2 aromatic heterocycles. The van der Waals surface area contributed by atoms with Crippen molar-refractivity contribution >= 4 is 54.5 Å². The number of benzene rings is 2. The Morgan fingerprint density at radius 3 is 2.57 bits per heavy atom. The van der Waals surface area contributed by atoms with Gasteiger partial charge in [0.2, 0.25) is 0 Å². The summed E-state index contributed by atoms with van der Waals surface area (Å²) in [4.78, 5) is 34.4. The molecule has 14 nitrogen and oxygen atoms in total. The second-order valence-electron chi connectivity index (χ2n) is 16.5. The molecule has 4 aromatic rings. The summed E-state index contributed by atoms with van der Waals surface area (Å²) >= 11 is 1.06. The van der Waals surface area contributed by atoms with Gasteiger partial charge in [-0.1, -0.05) is 23.3 Å². The zero-order valence-electron chi connectivity index (χ0n) is 33.0. The van der Waals surface area contributed by atoms with Crippen LogP contribution in [0.3, 0.4) is 0 Å². The van der Waals surface area contributed by atoms with Crippen molar-refractivity contribution in [1.82, 2.24) is 24.8 Å². The molecule has 6 heterocycles. The minimum atomic E-state index is -4.19. The van der Waals surface area contributed by atoms with Gasteiger partial charge in [0.15, 0.2) is 23.5 Å². The first-order valence-corrected chi connectivity index (χ1v) is 21.9. The van der Waals surface area contributed by atoms with Crippen LogP contribution in [0.15, 0.2) is 24.3 Å². The molecule has 1 amide bonds. The maximum atomic E-state index is 15.3. The van der Waals surface area contributed by atoms with E-state index < -0.39 is 39.4 Å². The maximum Gasteiger partial charge on any atom is 0.410 e. The molecule has 0 saturated carbocycles. The van der Waals surface area contributed by atoms with Crippen molar-refractivity contribution in [3.05, 3.63) is 46.2 Å². The molecular weight excluding hydrogens is 795 g/mol. The Balaban J connectivity index is 1.25. The van der Waals surface area contributed by atoms with E-state index in [1.807, 2.05) is 30.6 Å². The van der Waals surface area contributed by atoms with Crippen LogP contribution in [-0.4, -0.2) is 122 Å². The third-order valence-corrected chi connectivity index (χ3v) is 12.7. The molecule has 4 saturated heterocycles. The number of piperazine rings is 1. The monoisotopic (exact) mass is 840 g/mol. The molecule has 8 rings (SSSR count). The van der Waals surface area contributed by atoms with Crippen molar-refractivity contribution in [3.63, 3.8) is 0 Å². The average Bonchev–Trinajstić information content (AvgIpc) is 3.90. The molecule has 18 heteroatoms. The quantitative estimate of drug-likeness (QED) is 0.0997. The molecule has 0 aliphatic carbocycles. The number of methoxy groups -OCH3 is 1. The van der Waals surface area contributed by atoms with Crippen molar-refractivity contribution in [2.24, 2.45) is 0 Å². The Labute approximate surface area is 339 Å². The van der Waals surface area contributed by atoms with E-state index in [4.69, 9.17) is 44.5 Å². The van der Waals surface area contributed by atoms with Crippen LogP contribution in [-0.2, 0) is 23.8 Å². The zero-order valence-corrected chi connectivity index (χ0v) is 34.6. The SMILES string of the molecule is C#Cc1c(F)ccc2cc(OCOC)cc(C(OS(C)(=O)=O)c3nc4c(N5CC6CCC(C5)N6C(=O)OC(C)(C)C)nc(OC[C@@]56CCCN5C[C@H](F)C6)nc4s3)c12. The van der Waals surface area contributed by atoms with Gasteiger partial charge in [-0.3, -0.25) is 14.0 Å². The van der Waals surface area contributed by atoms with E-state index in [2.05, 4.69) is 10.8 Å². The summed E-state index contributed by atoms with van der Waals surface area (Å²) < 4.78 is 84.9. The molecule has 4 fully saturated rings. The number of terminal acetylenes is 1. The molecular formula is C40H46F2N6O8S2. The first-order chi connectivity index (χ1) is 27.5. The predicted octanol–water partition coefficient (Wildman–Crippen LogP) is 5.95. The van der Waals surface area contributed by atoms with Gasteiger partial charge in [0, 0.05) is 44.1 Å². The molecule has 4 aliphatic heterocycles. The van der Waals surface area contributed by atoms with Crippen molar-refractivity contribution in [1.29, 1.82) is 0 Å². The number of rotatable bonds is 11. The van der Waals surface area contributed by atoms with Crippen LogP contribution in [0.5, 0.6) is 11.8 Å². The highest BCUT2D eigenvalue weighted by atomic mass is 32.2. The fourth-order valence-corrected chi connectivity index (χ4v) is 10.5. The van der Waals surface area contributed by atoms with Crippen LogP contribution in [0.25, 0.3) is 21.1 Å². The summed E-state index contributed by atoms with van der Waals surface area (Å²) in [5.74, 6) is 2.45. The minimum absolute atomic E-state index is 0.0563. The Bertz CT molecular complexity index is 2390. The summed E-state index contributed by atoms with van der Waals surface area (Å²) in [5, 5.41) is 0.879. The van der Waals surface area contributed by atoms with E-state index in [0.717, 1.165) is 49.8 Å². The maximum absolute atomic E-state index is 15.3. The van der Waals surface area contributed by atoms with Crippen LogP contribution >= 0.6 is 11.3 Å². The predicted molar refractivity (Wildman–Crippen MR) is 213 cm³/mol. The van der Waals surface area contributed by atoms with E-state index >= 15 is 4.39 Å². The van der Waals surface area contributed by atoms with Crippen molar-refractivity contribution in [3.8, 4) is 24.1 Å². The first-order valence-electron chi connectivity index (χ1n) is 19.2. The van der Waals surface area contributed by atoms with Crippen LogP contribution in [0.4, 0.5) is 19.4 Å². The second-order valence-corrected chi connectivity index (χ2v) is 19.1. The molecule has 3 unspecified atom stereocenters. The number of alkyl halides is 1. The number of aromatic nitrogens is 3. The van der Waals surface area contributed by atoms with Gasteiger partial charge in [-0.05, 0) is 76.6 Å². The van der Waals surface area contributed by atoms with Gasteiger partial charge in [-0.25, -0.2) is 18.6 Å². The molecule has 0 N–H and O–H groups in total. The molecule has 0 radical (unpaired) electrons. The van der Waals surface area contributed by atoms with Gasteiger partial charge in [0.05, 0.1) is 29.4 Å². The van der Waals surface area contributed by atoms with Crippen molar-refractivity contribution < 1.29 is 45.1 Å². The van der Waals surface area contributed by atoms with Gasteiger partial charge in [0.1, 0.15) is 40.5 Å². The van der Waals surface area contributed by atoms with Crippen molar-refractivity contribution in [2.45, 2.75) is 88.4 Å². The standard InChI is InChI=1S/C40H46F2N6O8S2/c1-7-28-30(42)12-9-23-15-27(54-22-52-5)16-29(31(23)28)33(56-58(6,50)51)36-43-32-34(46-19-25-10-11-26(20-46)48(25)38(49)55-39(2,3)4)44-37(45-35(32)57-36)53-21-40-13-8-14-47(40)18-24(41)17-40/h1,9,12,15-16,24-26,33H,8,10-11,13-14,17-22H2,2-6H3/t24-,25?,26?,33?,40+/m1/s1. The van der Waals surface area contributed by atoms with Gasteiger partial charge < -0.3 is 23.8 Å².